The molecule has 1 aromatic heterocycles. The second-order valence-corrected chi connectivity index (χ2v) is 6.75. The number of rotatable bonds is 8. The number of esters is 2. The number of ether oxygens (including phenoxy) is 6. The molecule has 0 aliphatic rings. The summed E-state index contributed by atoms with van der Waals surface area (Å²) >= 11 is 0. The summed E-state index contributed by atoms with van der Waals surface area (Å²) in [5, 5.41) is 0. The Morgan fingerprint density at radius 1 is 0.576 bits per heavy atom. The van der Waals surface area contributed by atoms with Crippen LogP contribution in [0.3, 0.4) is 0 Å². The van der Waals surface area contributed by atoms with Gasteiger partial charge in [0, 0.05) is 11.1 Å². The predicted octanol–water partition coefficient (Wildman–Crippen LogP) is 3.96. The lowest BCUT2D eigenvalue weighted by atomic mass is 9.94. The molecule has 0 atom stereocenters. The zero-order valence-electron chi connectivity index (χ0n) is 19.2. The molecule has 0 bridgehead atoms. The molecule has 0 saturated carbocycles. The van der Waals surface area contributed by atoms with E-state index in [1.165, 1.54) is 42.7 Å². The lowest BCUT2D eigenvalue weighted by molar-refractivity contribution is 0.0591. The molecule has 0 spiro atoms. The third-order valence-corrected chi connectivity index (χ3v) is 5.12. The van der Waals surface area contributed by atoms with Crippen LogP contribution in [-0.2, 0) is 9.47 Å². The molecule has 0 aliphatic heterocycles. The van der Waals surface area contributed by atoms with Crippen LogP contribution in [0, 0.1) is 0 Å². The fraction of sp³-hybridized carbons (Fsp3) is 0.250. The molecule has 0 fully saturated rings. The summed E-state index contributed by atoms with van der Waals surface area (Å²) < 4.78 is 31.5. The third-order valence-electron chi connectivity index (χ3n) is 5.12. The minimum atomic E-state index is -0.656. The maximum Gasteiger partial charge on any atom is 0.355 e. The van der Waals surface area contributed by atoms with E-state index >= 15 is 0 Å². The van der Waals surface area contributed by atoms with Gasteiger partial charge in [-0.1, -0.05) is 12.1 Å². The van der Waals surface area contributed by atoms with Crippen LogP contribution in [0.2, 0.25) is 0 Å². The van der Waals surface area contributed by atoms with Gasteiger partial charge >= 0.3 is 11.9 Å². The first-order valence-electron chi connectivity index (χ1n) is 9.81. The van der Waals surface area contributed by atoms with Crippen LogP contribution in [0.15, 0.2) is 36.4 Å². The Morgan fingerprint density at radius 2 is 0.939 bits per heavy atom. The van der Waals surface area contributed by atoms with Crippen molar-refractivity contribution in [2.45, 2.75) is 0 Å². The van der Waals surface area contributed by atoms with Crippen molar-refractivity contribution in [3.63, 3.8) is 0 Å². The first kappa shape index (κ1) is 23.5. The smallest absolute Gasteiger partial charge is 0.355 e. The van der Waals surface area contributed by atoms with Crippen LogP contribution in [0.5, 0.6) is 23.0 Å². The minimum absolute atomic E-state index is 0.0786. The highest BCUT2D eigenvalue weighted by molar-refractivity contribution is 6.08. The molecule has 3 rings (SSSR count). The molecule has 2 aromatic carbocycles. The Hall–Kier alpha value is -4.14. The van der Waals surface area contributed by atoms with E-state index in [2.05, 4.69) is 4.98 Å². The Kier molecular flexibility index (Phi) is 7.12. The van der Waals surface area contributed by atoms with Gasteiger partial charge in [-0.3, -0.25) is 0 Å². The van der Waals surface area contributed by atoms with Gasteiger partial charge in [-0.25, -0.2) is 9.59 Å². The number of carbonyl (C=O) groups is 2. The molecule has 9 nitrogen and oxygen atoms in total. The largest absolute Gasteiger partial charge is 0.493 e. The van der Waals surface area contributed by atoms with Crippen molar-refractivity contribution >= 4 is 11.9 Å². The van der Waals surface area contributed by atoms with Gasteiger partial charge in [0.05, 0.1) is 42.7 Å². The fourth-order valence-electron chi connectivity index (χ4n) is 3.57. The van der Waals surface area contributed by atoms with Crippen molar-refractivity contribution in [3.05, 3.63) is 47.8 Å². The molecule has 174 valence electrons. The average Bonchev–Trinajstić information content (AvgIpc) is 3.27. The molecule has 0 radical (unpaired) electrons. The highest BCUT2D eigenvalue weighted by Gasteiger charge is 2.29. The molecule has 0 unspecified atom stereocenters. The number of hydrogen-bond donors (Lipinski definition) is 1. The van der Waals surface area contributed by atoms with Crippen molar-refractivity contribution in [2.24, 2.45) is 0 Å². The first-order valence-corrected chi connectivity index (χ1v) is 9.81. The molecule has 9 heteroatoms. The summed E-state index contributed by atoms with van der Waals surface area (Å²) in [6, 6.07) is 10.3. The van der Waals surface area contributed by atoms with E-state index in [0.29, 0.717) is 45.3 Å². The van der Waals surface area contributed by atoms with E-state index in [1.807, 2.05) is 0 Å². The summed E-state index contributed by atoms with van der Waals surface area (Å²) in [6.07, 6.45) is 0. The van der Waals surface area contributed by atoms with Crippen molar-refractivity contribution in [1.82, 2.24) is 4.98 Å². The molecular formula is C24H25NO8. The first-order chi connectivity index (χ1) is 15.9. The van der Waals surface area contributed by atoms with Crippen molar-refractivity contribution in [2.75, 3.05) is 42.7 Å². The topological polar surface area (TPSA) is 105 Å². The second kappa shape index (κ2) is 9.99. The van der Waals surface area contributed by atoms with E-state index in [9.17, 15) is 9.59 Å². The average molecular weight is 455 g/mol. The Bertz CT molecular complexity index is 1090. The van der Waals surface area contributed by atoms with Gasteiger partial charge in [0.2, 0.25) is 0 Å². The standard InChI is InChI=1S/C24H25NO8/c1-28-15-9-7-13(11-17(15)30-3)19-20(14-8-10-16(29-2)18(12-14)31-4)22(24(27)33-6)25-21(19)23(26)32-5/h7-12,25H,1-6H3. The van der Waals surface area contributed by atoms with Crippen molar-refractivity contribution in [3.8, 4) is 45.3 Å². The quantitative estimate of drug-likeness (QED) is 0.509. The van der Waals surface area contributed by atoms with E-state index < -0.39 is 11.9 Å². The van der Waals surface area contributed by atoms with Gasteiger partial charge in [-0.2, -0.15) is 0 Å². The highest BCUT2D eigenvalue weighted by atomic mass is 16.5. The molecule has 0 amide bonds. The minimum Gasteiger partial charge on any atom is -0.493 e. The van der Waals surface area contributed by atoms with E-state index in [4.69, 9.17) is 28.4 Å². The van der Waals surface area contributed by atoms with Crippen molar-refractivity contribution < 1.29 is 38.0 Å². The highest BCUT2D eigenvalue weighted by Crippen LogP contribution is 2.43. The molecule has 1 heterocycles. The molecule has 1 N–H and O–H groups in total. The van der Waals surface area contributed by atoms with Crippen LogP contribution >= 0.6 is 0 Å². The third kappa shape index (κ3) is 4.30. The molecule has 0 aliphatic carbocycles. The predicted molar refractivity (Wildman–Crippen MR) is 121 cm³/mol. The SMILES string of the molecule is COC(=O)c1[nH]c(C(=O)OC)c(-c2ccc(OC)c(OC)c2)c1-c1ccc(OC)c(OC)c1. The van der Waals surface area contributed by atoms with Crippen LogP contribution in [0.25, 0.3) is 22.3 Å². The Morgan fingerprint density at radius 3 is 1.24 bits per heavy atom. The van der Waals surface area contributed by atoms with Gasteiger partial charge in [0.1, 0.15) is 11.4 Å². The molecule has 3 aromatic rings. The number of aromatic amines is 1. The number of methoxy groups -OCH3 is 6. The lowest BCUT2D eigenvalue weighted by Crippen LogP contribution is -2.06. The summed E-state index contributed by atoms with van der Waals surface area (Å²) in [5.41, 5.74) is 2.18. The summed E-state index contributed by atoms with van der Waals surface area (Å²) in [7, 11) is 8.59. The van der Waals surface area contributed by atoms with Gasteiger partial charge in [-0.05, 0) is 35.4 Å². The molecule has 33 heavy (non-hydrogen) atoms. The van der Waals surface area contributed by atoms with E-state index in [0.717, 1.165) is 0 Å². The normalized spacial score (nSPS) is 10.4. The number of carbonyl (C=O) groups excluding carboxylic acids is 2. The van der Waals surface area contributed by atoms with E-state index in [1.54, 1.807) is 36.4 Å². The Labute approximate surface area is 191 Å². The summed E-state index contributed by atoms with van der Waals surface area (Å²) in [6.45, 7) is 0. The fourth-order valence-corrected chi connectivity index (χ4v) is 3.57. The number of aromatic nitrogens is 1. The van der Waals surface area contributed by atoms with Gasteiger partial charge < -0.3 is 33.4 Å². The van der Waals surface area contributed by atoms with Gasteiger partial charge in [0.15, 0.2) is 23.0 Å². The monoisotopic (exact) mass is 455 g/mol. The maximum atomic E-state index is 12.7. The van der Waals surface area contributed by atoms with Crippen LogP contribution in [0.1, 0.15) is 21.0 Å². The number of hydrogen-bond acceptors (Lipinski definition) is 8. The van der Waals surface area contributed by atoms with Gasteiger partial charge in [0.25, 0.3) is 0 Å². The van der Waals surface area contributed by atoms with Crippen LogP contribution < -0.4 is 18.9 Å². The van der Waals surface area contributed by atoms with Crippen LogP contribution in [-0.4, -0.2) is 59.6 Å². The number of H-pyrrole nitrogens is 1. The zero-order valence-corrected chi connectivity index (χ0v) is 19.2. The Balaban J connectivity index is 2.42. The molecular weight excluding hydrogens is 430 g/mol. The summed E-state index contributed by atoms with van der Waals surface area (Å²) in [4.78, 5) is 28.3. The van der Waals surface area contributed by atoms with Crippen LogP contribution in [0.4, 0.5) is 0 Å². The lowest BCUT2D eigenvalue weighted by Gasteiger charge is -2.14. The zero-order chi connectivity index (χ0) is 24.1. The van der Waals surface area contributed by atoms with Crippen molar-refractivity contribution in [1.29, 1.82) is 0 Å². The summed E-state index contributed by atoms with van der Waals surface area (Å²) in [5.74, 6) is 0.609. The number of nitrogens with one attached hydrogen (secondary N) is 1. The van der Waals surface area contributed by atoms with E-state index in [-0.39, 0.29) is 11.4 Å². The maximum absolute atomic E-state index is 12.7. The van der Waals surface area contributed by atoms with Gasteiger partial charge in [-0.15, -0.1) is 0 Å². The second-order valence-electron chi connectivity index (χ2n) is 6.75. The number of benzene rings is 2. The molecule has 0 saturated heterocycles.